The molecule has 0 aliphatic heterocycles. The minimum absolute atomic E-state index is 0.117. The van der Waals surface area contributed by atoms with Gasteiger partial charge in [0.15, 0.2) is 0 Å². The van der Waals surface area contributed by atoms with Gasteiger partial charge in [0.25, 0.3) is 5.69 Å². The molecule has 0 atom stereocenters. The average Bonchev–Trinajstić information content (AvgIpc) is 2.56. The van der Waals surface area contributed by atoms with Gasteiger partial charge in [-0.2, -0.15) is 5.10 Å². The van der Waals surface area contributed by atoms with Crippen LogP contribution in [-0.4, -0.2) is 14.7 Å². The molecule has 2 aromatic rings. The lowest BCUT2D eigenvalue weighted by atomic mass is 10.2. The Morgan fingerprint density at radius 2 is 2.11 bits per heavy atom. The number of nitro groups is 1. The molecule has 0 saturated heterocycles. The minimum Gasteiger partial charge on any atom is -0.258 e. The van der Waals surface area contributed by atoms with Gasteiger partial charge in [0.2, 0.25) is 0 Å². The fourth-order valence-corrected chi connectivity index (χ4v) is 1.93. The van der Waals surface area contributed by atoms with Crippen molar-refractivity contribution in [3.8, 4) is 5.69 Å². The number of hydrogen-bond acceptors (Lipinski definition) is 3. The van der Waals surface area contributed by atoms with Crippen LogP contribution in [0.5, 0.6) is 0 Å². The normalized spacial score (nSPS) is 10.7. The van der Waals surface area contributed by atoms with Crippen LogP contribution in [0.1, 0.15) is 11.4 Å². The van der Waals surface area contributed by atoms with E-state index in [4.69, 9.17) is 0 Å². The number of aromatic nitrogens is 2. The summed E-state index contributed by atoms with van der Waals surface area (Å²) < 4.78 is 15.4. The van der Waals surface area contributed by atoms with Crippen LogP contribution in [0.25, 0.3) is 5.69 Å². The van der Waals surface area contributed by atoms with Gasteiger partial charge in [-0.15, -0.1) is 0 Å². The molecule has 0 amide bonds. The number of halogens is 2. The third-order valence-electron chi connectivity index (χ3n) is 2.57. The van der Waals surface area contributed by atoms with Crippen molar-refractivity contribution in [2.45, 2.75) is 13.8 Å². The molecule has 1 aromatic heterocycles. The van der Waals surface area contributed by atoms with Crippen molar-refractivity contribution in [1.82, 2.24) is 9.78 Å². The van der Waals surface area contributed by atoms with Crippen molar-refractivity contribution < 1.29 is 9.31 Å². The zero-order valence-electron chi connectivity index (χ0n) is 9.65. The Balaban J connectivity index is 2.73. The van der Waals surface area contributed by atoms with Gasteiger partial charge in [-0.3, -0.25) is 10.1 Å². The van der Waals surface area contributed by atoms with E-state index in [0.717, 1.165) is 22.7 Å². The van der Waals surface area contributed by atoms with Gasteiger partial charge in [-0.05, 0) is 35.8 Å². The molecule has 94 valence electrons. The van der Waals surface area contributed by atoms with Crippen molar-refractivity contribution in [1.29, 1.82) is 0 Å². The highest BCUT2D eigenvalue weighted by atomic mass is 79.9. The first kappa shape index (κ1) is 12.7. The third kappa shape index (κ3) is 2.01. The predicted octanol–water partition coefficient (Wildman–Crippen LogP) is 3.30. The number of nitrogens with zero attached hydrogens (tertiary/aromatic N) is 3. The molecule has 18 heavy (non-hydrogen) atoms. The standard InChI is InChI=1S/C11H9BrFN3O2/c1-6-11(12)7(2)15(14-6)10-5-8(13)3-4-9(10)16(17)18/h3-5H,1-2H3. The van der Waals surface area contributed by atoms with Crippen LogP contribution in [0, 0.1) is 29.8 Å². The minimum atomic E-state index is -0.556. The van der Waals surface area contributed by atoms with Crippen LogP contribution in [-0.2, 0) is 0 Å². The summed E-state index contributed by atoms with van der Waals surface area (Å²) in [5.74, 6) is -0.542. The Morgan fingerprint density at radius 1 is 1.44 bits per heavy atom. The molecular formula is C11H9BrFN3O2. The topological polar surface area (TPSA) is 61.0 Å². The summed E-state index contributed by atoms with van der Waals surface area (Å²) in [5.41, 5.74) is 1.30. The first-order valence-electron chi connectivity index (χ1n) is 5.08. The molecule has 0 saturated carbocycles. The maximum atomic E-state index is 13.3. The van der Waals surface area contributed by atoms with E-state index in [1.165, 1.54) is 4.68 Å². The molecule has 0 aliphatic carbocycles. The monoisotopic (exact) mass is 313 g/mol. The van der Waals surface area contributed by atoms with Crippen LogP contribution in [0.2, 0.25) is 0 Å². The molecule has 7 heteroatoms. The summed E-state index contributed by atoms with van der Waals surface area (Å²) in [6.07, 6.45) is 0. The largest absolute Gasteiger partial charge is 0.295 e. The number of nitro benzene ring substituents is 1. The Morgan fingerprint density at radius 3 is 2.61 bits per heavy atom. The van der Waals surface area contributed by atoms with E-state index in [0.29, 0.717) is 11.4 Å². The van der Waals surface area contributed by atoms with Gasteiger partial charge in [0, 0.05) is 12.1 Å². The highest BCUT2D eigenvalue weighted by Gasteiger charge is 2.20. The van der Waals surface area contributed by atoms with E-state index in [1.807, 2.05) is 0 Å². The van der Waals surface area contributed by atoms with Crippen LogP contribution >= 0.6 is 15.9 Å². The van der Waals surface area contributed by atoms with E-state index in [-0.39, 0.29) is 11.4 Å². The number of benzene rings is 1. The van der Waals surface area contributed by atoms with Gasteiger partial charge in [-0.25, -0.2) is 9.07 Å². The molecule has 0 N–H and O–H groups in total. The molecule has 0 aliphatic rings. The lowest BCUT2D eigenvalue weighted by Crippen LogP contribution is -2.04. The summed E-state index contributed by atoms with van der Waals surface area (Å²) in [6, 6.07) is 3.29. The second kappa shape index (κ2) is 4.49. The van der Waals surface area contributed by atoms with Crippen LogP contribution in [0.15, 0.2) is 22.7 Å². The highest BCUT2D eigenvalue weighted by Crippen LogP contribution is 2.28. The lowest BCUT2D eigenvalue weighted by Gasteiger charge is -2.05. The maximum absolute atomic E-state index is 13.3. The van der Waals surface area contributed by atoms with E-state index in [2.05, 4.69) is 21.0 Å². The smallest absolute Gasteiger partial charge is 0.258 e. The SMILES string of the molecule is Cc1nn(-c2cc(F)ccc2[N+](=O)[O-])c(C)c1Br. The van der Waals surface area contributed by atoms with E-state index in [9.17, 15) is 14.5 Å². The zero-order valence-corrected chi connectivity index (χ0v) is 11.2. The summed E-state index contributed by atoms with van der Waals surface area (Å²) in [7, 11) is 0. The summed E-state index contributed by atoms with van der Waals surface area (Å²) in [4.78, 5) is 10.4. The number of rotatable bonds is 2. The molecule has 2 rings (SSSR count). The fourth-order valence-electron chi connectivity index (χ4n) is 1.68. The van der Waals surface area contributed by atoms with E-state index >= 15 is 0 Å². The Hall–Kier alpha value is -1.76. The van der Waals surface area contributed by atoms with Gasteiger partial charge in [-0.1, -0.05) is 0 Å². The molecule has 1 heterocycles. The molecule has 5 nitrogen and oxygen atoms in total. The van der Waals surface area contributed by atoms with E-state index in [1.54, 1.807) is 13.8 Å². The average molecular weight is 314 g/mol. The van der Waals surface area contributed by atoms with Crippen molar-refractivity contribution in [3.05, 3.63) is 50.0 Å². The Bertz CT molecular complexity index is 639. The highest BCUT2D eigenvalue weighted by molar-refractivity contribution is 9.10. The summed E-state index contributed by atoms with van der Waals surface area (Å²) >= 11 is 3.33. The van der Waals surface area contributed by atoms with Crippen LogP contribution in [0.3, 0.4) is 0 Å². The predicted molar refractivity (Wildman–Crippen MR) is 67.4 cm³/mol. The lowest BCUT2D eigenvalue weighted by molar-refractivity contribution is -0.384. The zero-order chi connectivity index (χ0) is 13.4. The summed E-state index contributed by atoms with van der Waals surface area (Å²) in [5, 5.41) is 15.1. The Kier molecular flexibility index (Phi) is 3.16. The summed E-state index contributed by atoms with van der Waals surface area (Å²) in [6.45, 7) is 3.51. The van der Waals surface area contributed by atoms with Crippen molar-refractivity contribution >= 4 is 21.6 Å². The second-order valence-electron chi connectivity index (χ2n) is 3.79. The maximum Gasteiger partial charge on any atom is 0.295 e. The number of hydrogen-bond donors (Lipinski definition) is 0. The third-order valence-corrected chi connectivity index (χ3v) is 3.71. The van der Waals surface area contributed by atoms with Crippen molar-refractivity contribution in [2.24, 2.45) is 0 Å². The van der Waals surface area contributed by atoms with Crippen LogP contribution < -0.4 is 0 Å². The molecule has 0 unspecified atom stereocenters. The molecular weight excluding hydrogens is 305 g/mol. The molecule has 1 aromatic carbocycles. The molecule has 0 radical (unpaired) electrons. The Labute approximate surface area is 111 Å². The van der Waals surface area contributed by atoms with Gasteiger partial charge in [0.05, 0.1) is 20.8 Å². The number of aryl methyl sites for hydroxylation is 1. The van der Waals surface area contributed by atoms with Gasteiger partial charge in [0.1, 0.15) is 11.5 Å². The van der Waals surface area contributed by atoms with Crippen LogP contribution in [0.4, 0.5) is 10.1 Å². The van der Waals surface area contributed by atoms with Crippen molar-refractivity contribution in [2.75, 3.05) is 0 Å². The van der Waals surface area contributed by atoms with Gasteiger partial charge < -0.3 is 0 Å². The quantitative estimate of drug-likeness (QED) is 0.631. The first-order chi connectivity index (χ1) is 8.41. The first-order valence-corrected chi connectivity index (χ1v) is 5.87. The molecule has 0 bridgehead atoms. The second-order valence-corrected chi connectivity index (χ2v) is 4.58. The van der Waals surface area contributed by atoms with Crippen molar-refractivity contribution in [3.63, 3.8) is 0 Å². The van der Waals surface area contributed by atoms with E-state index < -0.39 is 10.7 Å². The molecule has 0 spiro atoms. The molecule has 0 fully saturated rings. The van der Waals surface area contributed by atoms with Gasteiger partial charge >= 0.3 is 0 Å². The fraction of sp³-hybridized carbons (Fsp3) is 0.182.